The third-order valence-corrected chi connectivity index (χ3v) is 4.89. The maximum Gasteiger partial charge on any atom is 0.308 e. The van der Waals surface area contributed by atoms with Crippen LogP contribution in [0.25, 0.3) is 0 Å². The molecule has 0 heterocycles. The summed E-state index contributed by atoms with van der Waals surface area (Å²) in [4.78, 5) is 24.5. The van der Waals surface area contributed by atoms with Crippen molar-refractivity contribution in [3.8, 4) is 0 Å². The van der Waals surface area contributed by atoms with Crippen LogP contribution in [0.15, 0.2) is 37.5 Å². The lowest BCUT2D eigenvalue weighted by molar-refractivity contribution is -0.156. The predicted octanol–water partition coefficient (Wildman–Crippen LogP) is 2.15. The van der Waals surface area contributed by atoms with Gasteiger partial charge in [0.2, 0.25) is 5.91 Å². The van der Waals surface area contributed by atoms with Gasteiger partial charge in [0.05, 0.1) is 11.3 Å². The van der Waals surface area contributed by atoms with Gasteiger partial charge in [0.1, 0.15) is 0 Å². The quantitative estimate of drug-likeness (QED) is 0.730. The van der Waals surface area contributed by atoms with Crippen molar-refractivity contribution < 1.29 is 14.7 Å². The van der Waals surface area contributed by atoms with Gasteiger partial charge < -0.3 is 10.4 Å². The molecule has 0 spiro atoms. The topological polar surface area (TPSA) is 66.4 Å². The molecule has 0 aliphatic heterocycles. The van der Waals surface area contributed by atoms with E-state index >= 15 is 0 Å². The average molecular weight is 275 g/mol. The smallest absolute Gasteiger partial charge is 0.308 e. The van der Waals surface area contributed by atoms with Crippen LogP contribution in [-0.4, -0.2) is 23.5 Å². The minimum absolute atomic E-state index is 0.0769. The molecule has 0 aromatic carbocycles. The van der Waals surface area contributed by atoms with E-state index in [1.165, 1.54) is 0 Å². The first kappa shape index (κ1) is 14.6. The molecular weight excluding hydrogens is 254 g/mol. The number of carboxylic acid groups (broad SMARTS) is 1. The summed E-state index contributed by atoms with van der Waals surface area (Å²) in [5, 5.41) is 12.4. The van der Waals surface area contributed by atoms with E-state index in [1.54, 1.807) is 12.2 Å². The van der Waals surface area contributed by atoms with Crippen LogP contribution in [-0.2, 0) is 9.59 Å². The minimum atomic E-state index is -0.955. The van der Waals surface area contributed by atoms with E-state index in [-0.39, 0.29) is 11.8 Å². The Hall–Kier alpha value is -1.84. The number of carbonyl (C=O) groups is 2. The number of carbonyl (C=O) groups excluding carboxylic acids is 1. The van der Waals surface area contributed by atoms with Gasteiger partial charge in [0.15, 0.2) is 0 Å². The van der Waals surface area contributed by atoms with Crippen molar-refractivity contribution in [2.45, 2.75) is 19.8 Å². The second-order valence-electron chi connectivity index (χ2n) is 5.92. The van der Waals surface area contributed by atoms with Gasteiger partial charge in [0, 0.05) is 12.0 Å². The summed E-state index contributed by atoms with van der Waals surface area (Å²) in [6, 6.07) is 0. The molecule has 1 fully saturated rings. The molecular formula is C16H21NO3. The number of allylic oxidation sites excluding steroid dienone is 3. The summed E-state index contributed by atoms with van der Waals surface area (Å²) in [5.41, 5.74) is -1.39. The van der Waals surface area contributed by atoms with E-state index in [4.69, 9.17) is 0 Å². The molecule has 2 rings (SSSR count). The second-order valence-corrected chi connectivity index (χ2v) is 5.92. The fourth-order valence-corrected chi connectivity index (χ4v) is 4.04. The zero-order chi connectivity index (χ0) is 15.0. The number of amides is 1. The van der Waals surface area contributed by atoms with Crippen LogP contribution in [0.2, 0.25) is 0 Å². The monoisotopic (exact) mass is 275 g/mol. The molecule has 0 aromatic heterocycles. The lowest BCUT2D eigenvalue weighted by Gasteiger charge is -2.43. The molecule has 4 atom stereocenters. The summed E-state index contributed by atoms with van der Waals surface area (Å²) in [7, 11) is 0. The summed E-state index contributed by atoms with van der Waals surface area (Å²) >= 11 is 0. The molecule has 1 saturated carbocycles. The van der Waals surface area contributed by atoms with Gasteiger partial charge in [-0.25, -0.2) is 0 Å². The highest BCUT2D eigenvalue weighted by Gasteiger charge is 2.68. The molecule has 2 aliphatic carbocycles. The standard InChI is InChI=1S/C16H21NO3/c1-4-7-16(14(20)17-9-5-2)12(13(18)19)11-6-8-15(16,3)10-11/h4-6,8,11-12H,1-2,7,9-10H2,3H3,(H,17,20)(H,18,19). The van der Waals surface area contributed by atoms with Crippen LogP contribution >= 0.6 is 0 Å². The van der Waals surface area contributed by atoms with Crippen molar-refractivity contribution in [1.29, 1.82) is 0 Å². The summed E-state index contributed by atoms with van der Waals surface area (Å²) in [5.74, 6) is -1.88. The van der Waals surface area contributed by atoms with Crippen molar-refractivity contribution in [1.82, 2.24) is 5.32 Å². The third kappa shape index (κ3) is 1.74. The molecule has 1 amide bonds. The number of fused-ring (bicyclic) bond motifs is 2. The maximum atomic E-state index is 12.7. The van der Waals surface area contributed by atoms with E-state index in [2.05, 4.69) is 18.5 Å². The van der Waals surface area contributed by atoms with Crippen LogP contribution in [0.3, 0.4) is 0 Å². The van der Waals surface area contributed by atoms with Crippen molar-refractivity contribution in [2.75, 3.05) is 6.54 Å². The van der Waals surface area contributed by atoms with E-state index in [0.29, 0.717) is 19.4 Å². The Labute approximate surface area is 119 Å². The third-order valence-electron chi connectivity index (χ3n) is 4.89. The van der Waals surface area contributed by atoms with Crippen molar-refractivity contribution >= 4 is 11.9 Å². The Bertz CT molecular complexity index is 496. The van der Waals surface area contributed by atoms with Crippen LogP contribution in [0.4, 0.5) is 0 Å². The Morgan fingerprint density at radius 3 is 2.70 bits per heavy atom. The molecule has 0 radical (unpaired) electrons. The van der Waals surface area contributed by atoms with E-state index in [9.17, 15) is 14.7 Å². The molecule has 20 heavy (non-hydrogen) atoms. The summed E-state index contributed by atoms with van der Waals surface area (Å²) in [6.07, 6.45) is 8.28. The summed E-state index contributed by atoms with van der Waals surface area (Å²) in [6.45, 7) is 9.62. The molecule has 108 valence electrons. The van der Waals surface area contributed by atoms with Crippen molar-refractivity contribution in [2.24, 2.45) is 22.7 Å². The van der Waals surface area contributed by atoms with Crippen molar-refractivity contribution in [3.63, 3.8) is 0 Å². The number of nitrogens with one attached hydrogen (secondary N) is 1. The zero-order valence-electron chi connectivity index (χ0n) is 11.8. The second kappa shape index (κ2) is 4.93. The van der Waals surface area contributed by atoms with E-state index in [1.807, 2.05) is 19.1 Å². The largest absolute Gasteiger partial charge is 0.481 e. The van der Waals surface area contributed by atoms with Gasteiger partial charge in [0.25, 0.3) is 0 Å². The maximum absolute atomic E-state index is 12.7. The molecule has 4 unspecified atom stereocenters. The first-order valence-electron chi connectivity index (χ1n) is 6.85. The highest BCUT2D eigenvalue weighted by atomic mass is 16.4. The first-order valence-corrected chi connectivity index (χ1v) is 6.85. The van der Waals surface area contributed by atoms with E-state index < -0.39 is 22.7 Å². The highest BCUT2D eigenvalue weighted by Crippen LogP contribution is 2.65. The van der Waals surface area contributed by atoms with Crippen LogP contribution in [0.1, 0.15) is 19.8 Å². The van der Waals surface area contributed by atoms with Crippen LogP contribution < -0.4 is 5.32 Å². The summed E-state index contributed by atoms with van der Waals surface area (Å²) < 4.78 is 0. The lowest BCUT2D eigenvalue weighted by Crippen LogP contribution is -2.54. The Kier molecular flexibility index (Phi) is 3.59. The molecule has 0 saturated heterocycles. The fourth-order valence-electron chi connectivity index (χ4n) is 4.04. The minimum Gasteiger partial charge on any atom is -0.481 e. The molecule has 2 N–H and O–H groups in total. The van der Waals surface area contributed by atoms with Gasteiger partial charge in [-0.15, -0.1) is 13.2 Å². The molecule has 0 aromatic rings. The SMILES string of the molecule is C=CCNC(=O)C1(CC=C)C(C(=O)O)C2C=CC1(C)C2. The number of aliphatic carboxylic acids is 1. The number of hydrogen-bond donors (Lipinski definition) is 2. The van der Waals surface area contributed by atoms with Gasteiger partial charge in [-0.1, -0.05) is 31.2 Å². The number of hydrogen-bond acceptors (Lipinski definition) is 2. The van der Waals surface area contributed by atoms with Crippen molar-refractivity contribution in [3.05, 3.63) is 37.5 Å². The Morgan fingerprint density at radius 1 is 1.45 bits per heavy atom. The van der Waals surface area contributed by atoms with Gasteiger partial charge >= 0.3 is 5.97 Å². The molecule has 4 nitrogen and oxygen atoms in total. The number of carboxylic acids is 1. The Morgan fingerprint density at radius 2 is 2.15 bits per heavy atom. The number of rotatable bonds is 6. The molecule has 2 bridgehead atoms. The highest BCUT2D eigenvalue weighted by molar-refractivity contribution is 5.91. The Balaban J connectivity index is 2.50. The first-order chi connectivity index (χ1) is 9.43. The van der Waals surface area contributed by atoms with Crippen LogP contribution in [0.5, 0.6) is 0 Å². The van der Waals surface area contributed by atoms with Gasteiger partial charge in [-0.2, -0.15) is 0 Å². The normalized spacial score (nSPS) is 37.6. The zero-order valence-corrected chi connectivity index (χ0v) is 11.8. The average Bonchev–Trinajstić information content (AvgIpc) is 2.88. The van der Waals surface area contributed by atoms with Gasteiger partial charge in [-0.3, -0.25) is 9.59 Å². The fraction of sp³-hybridized carbons (Fsp3) is 0.500. The van der Waals surface area contributed by atoms with Crippen LogP contribution in [0, 0.1) is 22.7 Å². The lowest BCUT2D eigenvalue weighted by atomic mass is 9.58. The van der Waals surface area contributed by atoms with Gasteiger partial charge in [-0.05, 0) is 18.8 Å². The van der Waals surface area contributed by atoms with E-state index in [0.717, 1.165) is 0 Å². The molecule has 4 heteroatoms. The predicted molar refractivity (Wildman–Crippen MR) is 76.9 cm³/mol. The molecule has 2 aliphatic rings.